The number of amides is 1. The molecule has 2 aromatic rings. The zero-order chi connectivity index (χ0) is 25.3. The predicted molar refractivity (Wildman–Crippen MR) is 122 cm³/mol. The Bertz CT molecular complexity index is 1160. The van der Waals surface area contributed by atoms with E-state index >= 15 is 0 Å². The Hall–Kier alpha value is -2.34. The van der Waals surface area contributed by atoms with Gasteiger partial charge < -0.3 is 9.80 Å². The van der Waals surface area contributed by atoms with Gasteiger partial charge in [0.05, 0.1) is 16.0 Å². The zero-order valence-corrected chi connectivity index (χ0v) is 20.5. The van der Waals surface area contributed by atoms with E-state index in [0.29, 0.717) is 23.1 Å². The number of carbonyl (C=O) groups excluding carboxylic acids is 1. The highest BCUT2D eigenvalue weighted by atomic mass is 32.2. The van der Waals surface area contributed by atoms with Gasteiger partial charge in [0, 0.05) is 49.3 Å². The van der Waals surface area contributed by atoms with Crippen LogP contribution >= 0.6 is 11.8 Å². The third kappa shape index (κ3) is 6.21. The molecule has 1 saturated heterocycles. The maximum atomic E-state index is 14.3. The highest BCUT2D eigenvalue weighted by Crippen LogP contribution is 2.32. The van der Waals surface area contributed by atoms with Gasteiger partial charge in [-0.05, 0) is 30.2 Å². The van der Waals surface area contributed by atoms with E-state index in [1.165, 1.54) is 33.7 Å². The lowest BCUT2D eigenvalue weighted by molar-refractivity contribution is -0.138. The number of thioether (sulfide) groups is 1. The van der Waals surface area contributed by atoms with Crippen LogP contribution in [0.3, 0.4) is 0 Å². The molecule has 0 saturated carbocycles. The quantitative estimate of drug-likeness (QED) is 0.418. The fourth-order valence-electron chi connectivity index (χ4n) is 3.40. The molecule has 1 aromatic heterocycles. The standard InChI is InChI=1S/C22H25F4N3O3S2/c1-14(2)13-33-19-5-4-16(34(3,31)32)11-17(19)21(30)29-8-6-28(7-9-29)20-18(23)10-15(12-27-20)22(24,25)26/h4-5,10-12,14H,6-9,13H2,1-3H3. The molecule has 1 aliphatic heterocycles. The number of hydrogen-bond acceptors (Lipinski definition) is 6. The second-order valence-electron chi connectivity index (χ2n) is 8.44. The average Bonchev–Trinajstić information content (AvgIpc) is 2.76. The molecule has 34 heavy (non-hydrogen) atoms. The first-order valence-electron chi connectivity index (χ1n) is 10.5. The Kier molecular flexibility index (Phi) is 7.81. The van der Waals surface area contributed by atoms with Crippen LogP contribution in [0.4, 0.5) is 23.4 Å². The molecule has 1 fully saturated rings. The third-order valence-corrected chi connectivity index (χ3v) is 7.81. The first-order valence-corrected chi connectivity index (χ1v) is 13.4. The van der Waals surface area contributed by atoms with E-state index < -0.39 is 27.4 Å². The topological polar surface area (TPSA) is 70.6 Å². The fourth-order valence-corrected chi connectivity index (χ4v) is 5.03. The van der Waals surface area contributed by atoms with Gasteiger partial charge in [0.25, 0.3) is 5.91 Å². The summed E-state index contributed by atoms with van der Waals surface area (Å²) in [6, 6.07) is 4.90. The van der Waals surface area contributed by atoms with Crippen molar-refractivity contribution in [2.45, 2.75) is 29.8 Å². The molecular weight excluding hydrogens is 494 g/mol. The van der Waals surface area contributed by atoms with Crippen molar-refractivity contribution in [3.8, 4) is 0 Å². The van der Waals surface area contributed by atoms with Gasteiger partial charge in [-0.15, -0.1) is 11.8 Å². The number of alkyl halides is 3. The van der Waals surface area contributed by atoms with Crippen molar-refractivity contribution in [3.63, 3.8) is 0 Å². The second-order valence-corrected chi connectivity index (χ2v) is 11.5. The summed E-state index contributed by atoms with van der Waals surface area (Å²) in [5.74, 6) is -0.532. The molecule has 2 heterocycles. The molecule has 0 bridgehead atoms. The van der Waals surface area contributed by atoms with Gasteiger partial charge in [0.15, 0.2) is 21.5 Å². The van der Waals surface area contributed by atoms with E-state index in [1.54, 1.807) is 6.07 Å². The first kappa shape index (κ1) is 26.3. The van der Waals surface area contributed by atoms with Gasteiger partial charge in [0.1, 0.15) is 0 Å². The summed E-state index contributed by atoms with van der Waals surface area (Å²) in [6.45, 7) is 4.76. The molecule has 1 aliphatic rings. The lowest BCUT2D eigenvalue weighted by atomic mass is 10.1. The molecule has 1 amide bonds. The number of nitrogens with zero attached hydrogens (tertiary/aromatic N) is 3. The van der Waals surface area contributed by atoms with E-state index in [4.69, 9.17) is 0 Å². The van der Waals surface area contributed by atoms with Gasteiger partial charge in [-0.2, -0.15) is 13.2 Å². The minimum atomic E-state index is -4.69. The number of pyridine rings is 1. The van der Waals surface area contributed by atoms with Crippen LogP contribution in [0.25, 0.3) is 0 Å². The summed E-state index contributed by atoms with van der Waals surface area (Å²) in [7, 11) is -3.52. The van der Waals surface area contributed by atoms with Crippen LogP contribution in [-0.4, -0.2) is 62.4 Å². The van der Waals surface area contributed by atoms with Crippen LogP contribution in [0, 0.1) is 11.7 Å². The predicted octanol–water partition coefficient (Wildman–Crippen LogP) is 4.35. The van der Waals surface area contributed by atoms with Gasteiger partial charge in [0.2, 0.25) is 0 Å². The third-order valence-electron chi connectivity index (χ3n) is 5.20. The first-order chi connectivity index (χ1) is 15.8. The maximum absolute atomic E-state index is 14.3. The number of rotatable bonds is 6. The van der Waals surface area contributed by atoms with Crippen molar-refractivity contribution in [3.05, 3.63) is 47.4 Å². The van der Waals surface area contributed by atoms with E-state index in [1.807, 2.05) is 13.8 Å². The number of halogens is 4. The molecule has 0 atom stereocenters. The Morgan fingerprint density at radius 2 is 1.79 bits per heavy atom. The Morgan fingerprint density at radius 1 is 1.15 bits per heavy atom. The summed E-state index contributed by atoms with van der Waals surface area (Å²) in [5, 5.41) is 0. The summed E-state index contributed by atoms with van der Waals surface area (Å²) < 4.78 is 76.7. The number of aromatic nitrogens is 1. The molecule has 186 valence electrons. The van der Waals surface area contributed by atoms with E-state index in [2.05, 4.69) is 4.98 Å². The van der Waals surface area contributed by atoms with Crippen molar-refractivity contribution < 1.29 is 30.8 Å². The molecule has 0 N–H and O–H groups in total. The molecule has 0 unspecified atom stereocenters. The van der Waals surface area contributed by atoms with E-state index in [-0.39, 0.29) is 48.4 Å². The van der Waals surface area contributed by atoms with Crippen LogP contribution in [0.1, 0.15) is 29.8 Å². The highest BCUT2D eigenvalue weighted by Gasteiger charge is 2.33. The number of piperazine rings is 1. The molecule has 0 aliphatic carbocycles. The van der Waals surface area contributed by atoms with Crippen LogP contribution in [-0.2, 0) is 16.0 Å². The number of anilines is 1. The largest absolute Gasteiger partial charge is 0.417 e. The molecule has 12 heteroatoms. The number of sulfone groups is 1. The van der Waals surface area contributed by atoms with Crippen molar-refractivity contribution in [1.82, 2.24) is 9.88 Å². The SMILES string of the molecule is CC(C)CSc1ccc(S(C)(=O)=O)cc1C(=O)N1CCN(c2ncc(C(F)(F)F)cc2F)CC1. The van der Waals surface area contributed by atoms with Crippen molar-refractivity contribution >= 4 is 33.3 Å². The Morgan fingerprint density at radius 3 is 2.32 bits per heavy atom. The van der Waals surface area contributed by atoms with Crippen molar-refractivity contribution in [1.29, 1.82) is 0 Å². The number of hydrogen-bond donors (Lipinski definition) is 0. The molecule has 0 spiro atoms. The van der Waals surface area contributed by atoms with Crippen LogP contribution in [0.5, 0.6) is 0 Å². The smallest absolute Gasteiger partial charge is 0.351 e. The van der Waals surface area contributed by atoms with Gasteiger partial charge in [-0.1, -0.05) is 13.8 Å². The summed E-state index contributed by atoms with van der Waals surface area (Å²) in [4.78, 5) is 20.7. The lowest BCUT2D eigenvalue weighted by Gasteiger charge is -2.36. The fraction of sp³-hybridized carbons (Fsp3) is 0.455. The molecule has 3 rings (SSSR count). The Labute approximate surface area is 200 Å². The minimum Gasteiger partial charge on any atom is -0.351 e. The maximum Gasteiger partial charge on any atom is 0.417 e. The van der Waals surface area contributed by atoms with Gasteiger partial charge >= 0.3 is 6.18 Å². The molecule has 6 nitrogen and oxygen atoms in total. The van der Waals surface area contributed by atoms with Crippen molar-refractivity contribution in [2.75, 3.05) is 43.1 Å². The monoisotopic (exact) mass is 519 g/mol. The van der Waals surface area contributed by atoms with Crippen LogP contribution < -0.4 is 4.90 Å². The number of benzene rings is 1. The van der Waals surface area contributed by atoms with Crippen molar-refractivity contribution in [2.24, 2.45) is 5.92 Å². The average molecular weight is 520 g/mol. The van der Waals surface area contributed by atoms with Gasteiger partial charge in [-0.3, -0.25) is 4.79 Å². The minimum absolute atomic E-state index is 0.0411. The van der Waals surface area contributed by atoms with E-state index in [0.717, 1.165) is 12.0 Å². The Balaban J connectivity index is 1.78. The summed E-state index contributed by atoms with van der Waals surface area (Å²) >= 11 is 1.47. The van der Waals surface area contributed by atoms with Crippen LogP contribution in [0.2, 0.25) is 0 Å². The normalized spacial score (nSPS) is 15.2. The summed E-state index contributed by atoms with van der Waals surface area (Å²) in [6.07, 6.45) is -3.03. The highest BCUT2D eigenvalue weighted by molar-refractivity contribution is 7.99. The zero-order valence-electron chi connectivity index (χ0n) is 18.9. The molecular formula is C22H25F4N3O3S2. The summed E-state index contributed by atoms with van der Waals surface area (Å²) in [5.41, 5.74) is -0.888. The molecule has 1 aromatic carbocycles. The lowest BCUT2D eigenvalue weighted by Crippen LogP contribution is -2.49. The van der Waals surface area contributed by atoms with E-state index in [9.17, 15) is 30.8 Å². The van der Waals surface area contributed by atoms with Gasteiger partial charge in [-0.25, -0.2) is 17.8 Å². The molecule has 0 radical (unpaired) electrons. The number of carbonyl (C=O) groups is 1. The van der Waals surface area contributed by atoms with Crippen LogP contribution in [0.15, 0.2) is 40.3 Å². The second kappa shape index (κ2) is 10.1.